The average molecular weight is 353 g/mol. The lowest BCUT2D eigenvalue weighted by Gasteiger charge is -2.31. The molecule has 0 amide bonds. The highest BCUT2D eigenvalue weighted by molar-refractivity contribution is 5.20. The van der Waals surface area contributed by atoms with E-state index in [1.54, 1.807) is 6.20 Å². The van der Waals surface area contributed by atoms with E-state index in [9.17, 15) is 0 Å². The molecule has 4 heterocycles. The highest BCUT2D eigenvalue weighted by atomic mass is 16.5. The molecule has 0 saturated heterocycles. The van der Waals surface area contributed by atoms with Crippen molar-refractivity contribution in [1.29, 1.82) is 0 Å². The van der Waals surface area contributed by atoms with Gasteiger partial charge in [0.2, 0.25) is 0 Å². The number of rotatable bonds is 6. The maximum absolute atomic E-state index is 5.99. The fraction of sp³-hybridized carbons (Fsp3) is 0.444. The molecule has 0 aromatic carbocycles. The van der Waals surface area contributed by atoms with E-state index in [0.717, 1.165) is 30.9 Å². The summed E-state index contributed by atoms with van der Waals surface area (Å²) in [5, 5.41) is 12.8. The summed E-state index contributed by atoms with van der Waals surface area (Å²) in [6.07, 6.45) is 7.58. The average Bonchev–Trinajstić information content (AvgIpc) is 3.22. The third-order valence-electron chi connectivity index (χ3n) is 4.66. The molecule has 0 saturated carbocycles. The molecule has 1 atom stereocenters. The molecule has 3 aromatic rings. The number of hydrogen-bond donors (Lipinski definition) is 0. The van der Waals surface area contributed by atoms with Gasteiger partial charge >= 0.3 is 0 Å². The minimum Gasteiger partial charge on any atom is -0.376 e. The third kappa shape index (κ3) is 3.66. The summed E-state index contributed by atoms with van der Waals surface area (Å²) in [6.45, 7) is 3.76. The maximum Gasteiger partial charge on any atom is 0.100 e. The predicted molar refractivity (Wildman–Crippen MR) is 95.0 cm³/mol. The first kappa shape index (κ1) is 16.9. The van der Waals surface area contributed by atoms with E-state index in [0.29, 0.717) is 13.2 Å². The lowest BCUT2D eigenvalue weighted by molar-refractivity contribution is 0.0828. The summed E-state index contributed by atoms with van der Waals surface area (Å²) < 4.78 is 9.71. The smallest absolute Gasteiger partial charge is 0.100 e. The zero-order valence-electron chi connectivity index (χ0n) is 15.1. The minimum absolute atomic E-state index is 0.243. The standard InChI is InChI=1S/C18H23N7O/c1-23-8-15(7-20-23)9-25-10-16(18-17(11-25)21-22-24(18)2)13-26-12-14-4-3-5-19-6-14/h3-8,16H,9-13H2,1-2H3/t16-/m1/s1. The molecule has 1 aliphatic rings. The van der Waals surface area contributed by atoms with Crippen LogP contribution in [0.3, 0.4) is 0 Å². The normalized spacial score (nSPS) is 17.4. The number of aromatic nitrogens is 6. The quantitative estimate of drug-likeness (QED) is 0.664. The van der Waals surface area contributed by atoms with Gasteiger partial charge in [-0.25, -0.2) is 0 Å². The molecule has 0 aliphatic carbocycles. The molecule has 136 valence electrons. The van der Waals surface area contributed by atoms with E-state index < -0.39 is 0 Å². The van der Waals surface area contributed by atoms with Crippen molar-refractivity contribution in [2.45, 2.75) is 25.6 Å². The summed E-state index contributed by atoms with van der Waals surface area (Å²) in [7, 11) is 3.90. The fourth-order valence-electron chi connectivity index (χ4n) is 3.56. The second kappa shape index (κ2) is 7.35. The summed E-state index contributed by atoms with van der Waals surface area (Å²) in [5.41, 5.74) is 4.50. The lowest BCUT2D eigenvalue weighted by atomic mass is 9.98. The molecule has 3 aromatic heterocycles. The Kier molecular flexibility index (Phi) is 4.77. The van der Waals surface area contributed by atoms with E-state index in [4.69, 9.17) is 4.74 Å². The molecule has 8 heteroatoms. The zero-order chi connectivity index (χ0) is 17.9. The van der Waals surface area contributed by atoms with Gasteiger partial charge in [0, 0.05) is 63.8 Å². The monoisotopic (exact) mass is 353 g/mol. The Morgan fingerprint density at radius 2 is 2.15 bits per heavy atom. The third-order valence-corrected chi connectivity index (χ3v) is 4.66. The number of pyridine rings is 1. The van der Waals surface area contributed by atoms with Crippen molar-refractivity contribution in [1.82, 2.24) is 34.7 Å². The molecule has 1 aliphatic heterocycles. The molecule has 0 radical (unpaired) electrons. The highest BCUT2D eigenvalue weighted by Crippen LogP contribution is 2.28. The molecule has 0 spiro atoms. The van der Waals surface area contributed by atoms with Gasteiger partial charge in [0.1, 0.15) is 5.69 Å². The Hall–Kier alpha value is -2.58. The van der Waals surface area contributed by atoms with E-state index in [2.05, 4.69) is 31.5 Å². The molecule has 0 N–H and O–H groups in total. The Balaban J connectivity index is 1.44. The van der Waals surface area contributed by atoms with Crippen molar-refractivity contribution >= 4 is 0 Å². The summed E-state index contributed by atoms with van der Waals surface area (Å²) >= 11 is 0. The molecular weight excluding hydrogens is 330 g/mol. The summed E-state index contributed by atoms with van der Waals surface area (Å²) in [4.78, 5) is 6.51. The van der Waals surface area contributed by atoms with Gasteiger partial charge in [0.05, 0.1) is 25.1 Å². The van der Waals surface area contributed by atoms with Crippen LogP contribution in [-0.4, -0.2) is 47.8 Å². The van der Waals surface area contributed by atoms with E-state index >= 15 is 0 Å². The maximum atomic E-state index is 5.99. The molecule has 0 unspecified atom stereocenters. The van der Waals surface area contributed by atoms with Crippen LogP contribution in [0.2, 0.25) is 0 Å². The largest absolute Gasteiger partial charge is 0.376 e. The molecule has 0 fully saturated rings. The van der Waals surface area contributed by atoms with Crippen LogP contribution in [0.4, 0.5) is 0 Å². The fourth-order valence-corrected chi connectivity index (χ4v) is 3.56. The Bertz CT molecular complexity index is 858. The van der Waals surface area contributed by atoms with Crippen LogP contribution in [0.15, 0.2) is 36.9 Å². The van der Waals surface area contributed by atoms with Crippen LogP contribution in [0.5, 0.6) is 0 Å². The van der Waals surface area contributed by atoms with Gasteiger partial charge in [-0.3, -0.25) is 19.2 Å². The summed E-state index contributed by atoms with van der Waals surface area (Å²) in [6, 6.07) is 3.96. The van der Waals surface area contributed by atoms with E-state index in [1.165, 1.54) is 11.3 Å². The number of hydrogen-bond acceptors (Lipinski definition) is 6. The van der Waals surface area contributed by atoms with Gasteiger partial charge in [-0.15, -0.1) is 5.10 Å². The van der Waals surface area contributed by atoms with Crippen molar-refractivity contribution < 1.29 is 4.74 Å². The van der Waals surface area contributed by atoms with Crippen molar-refractivity contribution in [2.75, 3.05) is 13.2 Å². The zero-order valence-corrected chi connectivity index (χ0v) is 15.1. The van der Waals surface area contributed by atoms with Crippen LogP contribution in [-0.2, 0) is 38.5 Å². The first-order chi connectivity index (χ1) is 12.7. The number of aryl methyl sites for hydroxylation is 2. The van der Waals surface area contributed by atoms with Crippen LogP contribution >= 0.6 is 0 Å². The van der Waals surface area contributed by atoms with Crippen LogP contribution in [0, 0.1) is 0 Å². The molecule has 26 heavy (non-hydrogen) atoms. The topological polar surface area (TPSA) is 73.9 Å². The van der Waals surface area contributed by atoms with Crippen molar-refractivity contribution in [2.24, 2.45) is 14.1 Å². The first-order valence-electron chi connectivity index (χ1n) is 8.74. The molecule has 0 bridgehead atoms. The predicted octanol–water partition coefficient (Wildman–Crippen LogP) is 1.26. The number of ether oxygens (including phenoxy) is 1. The Morgan fingerprint density at radius 3 is 2.92 bits per heavy atom. The van der Waals surface area contributed by atoms with Crippen LogP contribution in [0.1, 0.15) is 28.4 Å². The van der Waals surface area contributed by atoms with Gasteiger partial charge in [-0.1, -0.05) is 11.3 Å². The van der Waals surface area contributed by atoms with E-state index in [-0.39, 0.29) is 5.92 Å². The second-order valence-corrected chi connectivity index (χ2v) is 6.81. The van der Waals surface area contributed by atoms with Gasteiger partial charge in [0.15, 0.2) is 0 Å². The SMILES string of the molecule is Cn1cc(CN2Cc3nnn(C)c3[C@@H](COCc3cccnc3)C2)cn1. The van der Waals surface area contributed by atoms with Crippen molar-refractivity contribution in [3.63, 3.8) is 0 Å². The van der Waals surface area contributed by atoms with Gasteiger partial charge in [0.25, 0.3) is 0 Å². The first-order valence-corrected chi connectivity index (χ1v) is 8.74. The molecule has 4 rings (SSSR count). The van der Waals surface area contributed by atoms with Gasteiger partial charge in [-0.2, -0.15) is 5.10 Å². The Morgan fingerprint density at radius 1 is 1.23 bits per heavy atom. The van der Waals surface area contributed by atoms with Gasteiger partial charge in [-0.05, 0) is 11.6 Å². The number of fused-ring (bicyclic) bond motifs is 1. The highest BCUT2D eigenvalue weighted by Gasteiger charge is 2.30. The van der Waals surface area contributed by atoms with Crippen LogP contribution in [0.25, 0.3) is 0 Å². The number of nitrogens with zero attached hydrogens (tertiary/aromatic N) is 7. The lowest BCUT2D eigenvalue weighted by Crippen LogP contribution is -2.35. The van der Waals surface area contributed by atoms with E-state index in [1.807, 2.05) is 48.0 Å². The van der Waals surface area contributed by atoms with Crippen LogP contribution < -0.4 is 0 Å². The molecular formula is C18H23N7O. The Labute approximate surface area is 152 Å². The molecule has 8 nitrogen and oxygen atoms in total. The second-order valence-electron chi connectivity index (χ2n) is 6.81. The van der Waals surface area contributed by atoms with Crippen molar-refractivity contribution in [3.8, 4) is 0 Å². The van der Waals surface area contributed by atoms with Gasteiger partial charge < -0.3 is 4.74 Å². The van der Waals surface area contributed by atoms with Crippen molar-refractivity contribution in [3.05, 3.63) is 59.4 Å². The minimum atomic E-state index is 0.243. The summed E-state index contributed by atoms with van der Waals surface area (Å²) in [5.74, 6) is 0.243.